The lowest BCUT2D eigenvalue weighted by atomic mass is 10.2. The van der Waals surface area contributed by atoms with Crippen LogP contribution >= 0.6 is 0 Å². The molecular weight excluding hydrogens is 348 g/mol. The minimum absolute atomic E-state index is 0.114. The number of anilines is 1. The number of sulfonamides is 1. The van der Waals surface area contributed by atoms with Gasteiger partial charge in [0.2, 0.25) is 15.9 Å². The third kappa shape index (κ3) is 4.89. The number of quaternary nitrogens is 1. The summed E-state index contributed by atoms with van der Waals surface area (Å²) < 4.78 is 25.1. The highest BCUT2D eigenvalue weighted by Crippen LogP contribution is 2.23. The zero-order chi connectivity index (χ0) is 18.6. The third-order valence-electron chi connectivity index (χ3n) is 4.33. The number of hydrogen-bond acceptors (Lipinski definition) is 5. The van der Waals surface area contributed by atoms with Crippen LogP contribution in [0.4, 0.5) is 11.4 Å². The number of non-ortho nitro benzene ring substituents is 1. The highest BCUT2D eigenvalue weighted by Gasteiger charge is 2.28. The molecule has 25 heavy (non-hydrogen) atoms. The Kier molecular flexibility index (Phi) is 5.96. The van der Waals surface area contributed by atoms with E-state index in [-0.39, 0.29) is 23.8 Å². The van der Waals surface area contributed by atoms with Gasteiger partial charge >= 0.3 is 0 Å². The van der Waals surface area contributed by atoms with E-state index in [1.807, 2.05) is 0 Å². The summed E-state index contributed by atoms with van der Waals surface area (Å²) in [4.78, 5) is 25.9. The minimum atomic E-state index is -3.75. The minimum Gasteiger partial charge on any atom is -0.332 e. The van der Waals surface area contributed by atoms with Crippen molar-refractivity contribution < 1.29 is 23.0 Å². The monoisotopic (exact) mass is 371 g/mol. The van der Waals surface area contributed by atoms with Gasteiger partial charge in [-0.25, -0.2) is 8.42 Å². The second-order valence-electron chi connectivity index (χ2n) is 6.03. The Morgan fingerprint density at radius 1 is 1.36 bits per heavy atom. The zero-order valence-electron chi connectivity index (χ0n) is 14.3. The van der Waals surface area contributed by atoms with Crippen LogP contribution in [-0.4, -0.2) is 69.7 Å². The standard InChI is InChI=1S/C15H22N4O5S/c1-3-16-7-9-17(10-8-16)15(20)12-18(25(2,23)24)13-5-4-6-14(11-13)19(21)22/h4-6,11H,3,7-10,12H2,1-2H3/p+1. The van der Waals surface area contributed by atoms with Crippen molar-refractivity contribution in [3.63, 3.8) is 0 Å². The zero-order valence-corrected chi connectivity index (χ0v) is 15.2. The van der Waals surface area contributed by atoms with Crippen LogP contribution < -0.4 is 9.21 Å². The molecule has 1 heterocycles. The van der Waals surface area contributed by atoms with Gasteiger partial charge in [0.25, 0.3) is 5.69 Å². The van der Waals surface area contributed by atoms with Gasteiger partial charge in [-0.05, 0) is 13.0 Å². The van der Waals surface area contributed by atoms with Crippen LogP contribution in [-0.2, 0) is 14.8 Å². The summed E-state index contributed by atoms with van der Waals surface area (Å²) in [7, 11) is -3.75. The SMILES string of the molecule is CC[NH+]1CCN(C(=O)CN(c2cccc([N+](=O)[O-])c2)S(C)(=O)=O)CC1. The molecule has 1 fully saturated rings. The van der Waals surface area contributed by atoms with E-state index in [4.69, 9.17) is 0 Å². The fourth-order valence-corrected chi connectivity index (χ4v) is 3.65. The average molecular weight is 371 g/mol. The quantitative estimate of drug-likeness (QED) is 0.516. The van der Waals surface area contributed by atoms with E-state index >= 15 is 0 Å². The average Bonchev–Trinajstić information content (AvgIpc) is 2.58. The van der Waals surface area contributed by atoms with Crippen LogP contribution in [0.1, 0.15) is 6.92 Å². The van der Waals surface area contributed by atoms with Crippen LogP contribution in [0.3, 0.4) is 0 Å². The summed E-state index contributed by atoms with van der Waals surface area (Å²) in [5.41, 5.74) is -0.110. The molecule has 0 unspecified atom stereocenters. The molecule has 1 aliphatic heterocycles. The molecular formula is C15H23N4O5S+. The molecule has 1 aromatic carbocycles. The molecule has 0 spiro atoms. The first kappa shape index (κ1) is 19.1. The molecule has 1 aromatic rings. The third-order valence-corrected chi connectivity index (χ3v) is 5.47. The van der Waals surface area contributed by atoms with Crippen LogP contribution in [0, 0.1) is 10.1 Å². The molecule has 1 aliphatic rings. The maximum absolute atomic E-state index is 12.5. The summed E-state index contributed by atoms with van der Waals surface area (Å²) >= 11 is 0. The Morgan fingerprint density at radius 3 is 2.52 bits per heavy atom. The number of benzene rings is 1. The van der Waals surface area contributed by atoms with Crippen molar-refractivity contribution in [3.05, 3.63) is 34.4 Å². The first-order chi connectivity index (χ1) is 11.7. The van der Waals surface area contributed by atoms with Gasteiger partial charge in [0.1, 0.15) is 6.54 Å². The first-order valence-corrected chi connectivity index (χ1v) is 9.90. The summed E-state index contributed by atoms with van der Waals surface area (Å²) in [6.07, 6.45) is 0.984. The molecule has 0 bridgehead atoms. The van der Waals surface area contributed by atoms with E-state index < -0.39 is 14.9 Å². The lowest BCUT2D eigenvalue weighted by Crippen LogP contribution is -3.14. The number of nitrogens with zero attached hydrogens (tertiary/aromatic N) is 3. The van der Waals surface area contributed by atoms with E-state index in [0.717, 1.165) is 36.3 Å². The number of amides is 1. The largest absolute Gasteiger partial charge is 0.332 e. The predicted octanol–water partition coefficient (Wildman–Crippen LogP) is -0.892. The molecule has 10 heteroatoms. The van der Waals surface area contributed by atoms with Crippen molar-refractivity contribution in [2.75, 3.05) is 49.8 Å². The highest BCUT2D eigenvalue weighted by atomic mass is 32.2. The molecule has 0 atom stereocenters. The Hall–Kier alpha value is -2.20. The molecule has 1 N–H and O–H groups in total. The second-order valence-corrected chi connectivity index (χ2v) is 7.94. The van der Waals surface area contributed by atoms with E-state index in [0.29, 0.717) is 13.1 Å². The number of carbonyl (C=O) groups excluding carboxylic acids is 1. The van der Waals surface area contributed by atoms with Crippen molar-refractivity contribution in [1.29, 1.82) is 0 Å². The van der Waals surface area contributed by atoms with Gasteiger partial charge in [0.15, 0.2) is 0 Å². The van der Waals surface area contributed by atoms with Crippen LogP contribution in [0.2, 0.25) is 0 Å². The summed E-state index contributed by atoms with van der Waals surface area (Å²) in [6.45, 7) is 5.53. The normalized spacial score (nSPS) is 15.8. The molecule has 0 aliphatic carbocycles. The molecule has 2 rings (SSSR count). The van der Waals surface area contributed by atoms with Crippen LogP contribution in [0.5, 0.6) is 0 Å². The molecule has 0 radical (unpaired) electrons. The smallest absolute Gasteiger partial charge is 0.271 e. The lowest BCUT2D eigenvalue weighted by molar-refractivity contribution is -0.902. The fourth-order valence-electron chi connectivity index (χ4n) is 2.81. The molecule has 1 saturated heterocycles. The second kappa shape index (κ2) is 7.79. The van der Waals surface area contributed by atoms with Gasteiger partial charge < -0.3 is 9.80 Å². The summed E-state index contributed by atoms with van der Waals surface area (Å²) in [6, 6.07) is 5.28. The Bertz CT molecular complexity index is 744. The number of nitro benzene ring substituents is 1. The number of carbonyl (C=O) groups is 1. The van der Waals surface area contributed by atoms with Gasteiger partial charge in [-0.1, -0.05) is 6.07 Å². The first-order valence-electron chi connectivity index (χ1n) is 8.06. The van der Waals surface area contributed by atoms with E-state index in [1.54, 1.807) is 4.90 Å². The fraction of sp³-hybridized carbons (Fsp3) is 0.533. The maximum Gasteiger partial charge on any atom is 0.271 e. The van der Waals surface area contributed by atoms with Crippen molar-refractivity contribution in [1.82, 2.24) is 4.90 Å². The van der Waals surface area contributed by atoms with Crippen LogP contribution in [0.15, 0.2) is 24.3 Å². The molecule has 0 saturated carbocycles. The number of hydrogen-bond donors (Lipinski definition) is 1. The van der Waals surface area contributed by atoms with Gasteiger partial charge in [-0.2, -0.15) is 0 Å². The molecule has 1 amide bonds. The van der Waals surface area contributed by atoms with Crippen LogP contribution in [0.25, 0.3) is 0 Å². The van der Waals surface area contributed by atoms with Crippen molar-refractivity contribution in [3.8, 4) is 0 Å². The van der Waals surface area contributed by atoms with Gasteiger partial charge in [-0.3, -0.25) is 19.2 Å². The van der Waals surface area contributed by atoms with Crippen molar-refractivity contribution >= 4 is 27.3 Å². The Morgan fingerprint density at radius 2 is 2.00 bits per heavy atom. The number of piperazine rings is 1. The van der Waals surface area contributed by atoms with Crippen molar-refractivity contribution in [2.45, 2.75) is 6.92 Å². The number of likely N-dealkylation sites (N-methyl/N-ethyl adjacent to an activating group) is 1. The molecule has 9 nitrogen and oxygen atoms in total. The topological polar surface area (TPSA) is 105 Å². The number of nitro groups is 1. The molecule has 0 aromatic heterocycles. The van der Waals surface area contributed by atoms with E-state index in [1.165, 1.54) is 23.1 Å². The predicted molar refractivity (Wildman–Crippen MR) is 93.1 cm³/mol. The maximum atomic E-state index is 12.5. The van der Waals surface area contributed by atoms with E-state index in [2.05, 4.69) is 6.92 Å². The Balaban J connectivity index is 2.18. The summed E-state index contributed by atoms with van der Waals surface area (Å²) in [5, 5.41) is 10.9. The Labute approximate surface area is 147 Å². The van der Waals surface area contributed by atoms with Gasteiger partial charge in [-0.15, -0.1) is 0 Å². The van der Waals surface area contributed by atoms with Crippen molar-refractivity contribution in [2.24, 2.45) is 0 Å². The number of rotatable bonds is 6. The molecule has 138 valence electrons. The number of nitrogens with one attached hydrogen (secondary N) is 1. The lowest BCUT2D eigenvalue weighted by Gasteiger charge is -2.33. The van der Waals surface area contributed by atoms with E-state index in [9.17, 15) is 23.3 Å². The van der Waals surface area contributed by atoms with Gasteiger partial charge in [0.05, 0.1) is 49.6 Å². The van der Waals surface area contributed by atoms with Gasteiger partial charge in [0, 0.05) is 12.1 Å². The summed E-state index contributed by atoms with van der Waals surface area (Å²) in [5.74, 6) is -0.299. The highest BCUT2D eigenvalue weighted by molar-refractivity contribution is 7.92.